The number of nitrogens with two attached hydrogens (primary N) is 2. The molecule has 2 heteroatoms. The van der Waals surface area contributed by atoms with Gasteiger partial charge in [-0.3, -0.25) is 0 Å². The van der Waals surface area contributed by atoms with Crippen LogP contribution in [-0.4, -0.2) is 0 Å². The maximum Gasteiger partial charge on any atom is 0.0314 e. The minimum Gasteiger partial charge on any atom is -0.402 e. The lowest BCUT2D eigenvalue weighted by molar-refractivity contribution is 0.488. The van der Waals surface area contributed by atoms with E-state index in [1.807, 2.05) is 18.2 Å². The first-order valence-corrected chi connectivity index (χ1v) is 5.52. The molecule has 1 aromatic carbocycles. The van der Waals surface area contributed by atoms with Crippen molar-refractivity contribution >= 4 is 11.3 Å². The number of anilines is 1. The number of allylic oxidation sites excluding steroid dienone is 4. The third-order valence-electron chi connectivity index (χ3n) is 3.06. The Morgan fingerprint density at radius 3 is 2.19 bits per heavy atom. The molecule has 0 radical (unpaired) electrons. The van der Waals surface area contributed by atoms with Crippen molar-refractivity contribution in [2.75, 3.05) is 5.73 Å². The SMILES string of the molecule is CC1(C)CC(N)=CC=C1c1ccc(N)cc1. The van der Waals surface area contributed by atoms with Crippen LogP contribution < -0.4 is 11.5 Å². The van der Waals surface area contributed by atoms with Crippen LogP contribution in [-0.2, 0) is 0 Å². The van der Waals surface area contributed by atoms with E-state index in [9.17, 15) is 0 Å². The molecule has 84 valence electrons. The average Bonchev–Trinajstić information content (AvgIpc) is 2.18. The van der Waals surface area contributed by atoms with Gasteiger partial charge in [-0.25, -0.2) is 0 Å². The van der Waals surface area contributed by atoms with Crippen LogP contribution in [0.2, 0.25) is 0 Å². The van der Waals surface area contributed by atoms with Crippen LogP contribution in [0.4, 0.5) is 5.69 Å². The number of hydrogen-bond acceptors (Lipinski definition) is 2. The molecule has 4 N–H and O–H groups in total. The Labute approximate surface area is 96.6 Å². The van der Waals surface area contributed by atoms with E-state index >= 15 is 0 Å². The lowest BCUT2D eigenvalue weighted by Crippen LogP contribution is -2.20. The normalized spacial score (nSPS) is 18.9. The van der Waals surface area contributed by atoms with Gasteiger partial charge in [0, 0.05) is 11.4 Å². The van der Waals surface area contributed by atoms with E-state index in [0.717, 1.165) is 17.8 Å². The predicted octanol–water partition coefficient (Wildman–Crippen LogP) is 2.92. The van der Waals surface area contributed by atoms with Gasteiger partial charge in [0.1, 0.15) is 0 Å². The first-order chi connectivity index (χ1) is 7.49. The Bertz CT molecular complexity index is 450. The summed E-state index contributed by atoms with van der Waals surface area (Å²) in [5.74, 6) is 0. The Balaban J connectivity index is 2.43. The summed E-state index contributed by atoms with van der Waals surface area (Å²) >= 11 is 0. The zero-order valence-electron chi connectivity index (χ0n) is 9.83. The molecule has 0 fully saturated rings. The van der Waals surface area contributed by atoms with Crippen molar-refractivity contribution in [3.63, 3.8) is 0 Å². The molecule has 2 nitrogen and oxygen atoms in total. The summed E-state index contributed by atoms with van der Waals surface area (Å²) in [5.41, 5.74) is 16.0. The summed E-state index contributed by atoms with van der Waals surface area (Å²) in [6.45, 7) is 4.43. The van der Waals surface area contributed by atoms with Crippen molar-refractivity contribution in [3.8, 4) is 0 Å². The standard InChI is InChI=1S/C14H18N2/c1-14(2)9-12(16)7-8-13(14)10-3-5-11(15)6-4-10/h3-8H,9,15-16H2,1-2H3. The van der Waals surface area contributed by atoms with Crippen molar-refractivity contribution < 1.29 is 0 Å². The molecule has 0 saturated heterocycles. The number of nitrogen functional groups attached to an aromatic ring is 1. The zero-order valence-corrected chi connectivity index (χ0v) is 9.83. The summed E-state index contributed by atoms with van der Waals surface area (Å²) in [6.07, 6.45) is 5.02. The van der Waals surface area contributed by atoms with Gasteiger partial charge >= 0.3 is 0 Å². The highest BCUT2D eigenvalue weighted by molar-refractivity contribution is 5.73. The molecule has 0 amide bonds. The van der Waals surface area contributed by atoms with Gasteiger partial charge in [0.2, 0.25) is 0 Å². The van der Waals surface area contributed by atoms with Crippen LogP contribution in [0.1, 0.15) is 25.8 Å². The molecular formula is C14H18N2. The maximum atomic E-state index is 5.87. The minimum absolute atomic E-state index is 0.0922. The topological polar surface area (TPSA) is 52.0 Å². The molecule has 1 aliphatic carbocycles. The van der Waals surface area contributed by atoms with Crippen molar-refractivity contribution in [3.05, 3.63) is 47.7 Å². The highest BCUT2D eigenvalue weighted by Gasteiger charge is 2.27. The molecule has 0 bridgehead atoms. The van der Waals surface area contributed by atoms with Gasteiger partial charge in [-0.1, -0.05) is 32.1 Å². The Morgan fingerprint density at radius 1 is 1.00 bits per heavy atom. The zero-order chi connectivity index (χ0) is 11.8. The van der Waals surface area contributed by atoms with Crippen molar-refractivity contribution in [1.82, 2.24) is 0 Å². The molecule has 0 aliphatic heterocycles. The summed E-state index contributed by atoms with van der Waals surface area (Å²) in [4.78, 5) is 0. The third kappa shape index (κ3) is 1.96. The van der Waals surface area contributed by atoms with Crippen LogP contribution in [0, 0.1) is 5.41 Å². The van der Waals surface area contributed by atoms with Gasteiger partial charge < -0.3 is 11.5 Å². The summed E-state index contributed by atoms with van der Waals surface area (Å²) in [5, 5.41) is 0. The maximum absolute atomic E-state index is 5.87. The van der Waals surface area contributed by atoms with Crippen LogP contribution in [0.5, 0.6) is 0 Å². The van der Waals surface area contributed by atoms with Gasteiger partial charge in [0.25, 0.3) is 0 Å². The van der Waals surface area contributed by atoms with Crippen molar-refractivity contribution in [1.29, 1.82) is 0 Å². The molecule has 0 heterocycles. The van der Waals surface area contributed by atoms with E-state index < -0.39 is 0 Å². The lowest BCUT2D eigenvalue weighted by atomic mass is 9.74. The van der Waals surface area contributed by atoms with E-state index in [2.05, 4.69) is 32.1 Å². The summed E-state index contributed by atoms with van der Waals surface area (Å²) in [7, 11) is 0. The fourth-order valence-electron chi connectivity index (χ4n) is 2.23. The van der Waals surface area contributed by atoms with Crippen molar-refractivity contribution in [2.24, 2.45) is 11.1 Å². The Hall–Kier alpha value is -1.70. The predicted molar refractivity (Wildman–Crippen MR) is 69.5 cm³/mol. The molecule has 2 rings (SSSR count). The molecule has 0 unspecified atom stereocenters. The van der Waals surface area contributed by atoms with Gasteiger partial charge in [-0.2, -0.15) is 0 Å². The van der Waals surface area contributed by atoms with Crippen LogP contribution in [0.25, 0.3) is 5.57 Å². The molecule has 0 aromatic heterocycles. The molecule has 1 aromatic rings. The molecule has 0 atom stereocenters. The first kappa shape index (κ1) is 10.8. The fraction of sp³-hybridized carbons (Fsp3) is 0.286. The molecule has 0 saturated carbocycles. The Kier molecular flexibility index (Phi) is 2.50. The number of benzene rings is 1. The van der Waals surface area contributed by atoms with Crippen LogP contribution in [0.3, 0.4) is 0 Å². The Morgan fingerprint density at radius 2 is 1.62 bits per heavy atom. The van der Waals surface area contributed by atoms with Gasteiger partial charge in [-0.05, 0) is 41.2 Å². The van der Waals surface area contributed by atoms with Gasteiger partial charge in [0.05, 0.1) is 0 Å². The summed E-state index contributed by atoms with van der Waals surface area (Å²) < 4.78 is 0. The second-order valence-electron chi connectivity index (χ2n) is 5.00. The summed E-state index contributed by atoms with van der Waals surface area (Å²) in [6, 6.07) is 8.01. The van der Waals surface area contributed by atoms with E-state index in [1.54, 1.807) is 0 Å². The second kappa shape index (κ2) is 3.71. The highest BCUT2D eigenvalue weighted by atomic mass is 14.6. The van der Waals surface area contributed by atoms with E-state index in [0.29, 0.717) is 0 Å². The molecule has 0 spiro atoms. The van der Waals surface area contributed by atoms with Gasteiger partial charge in [0.15, 0.2) is 0 Å². The number of hydrogen-bond donors (Lipinski definition) is 2. The molecular weight excluding hydrogens is 196 g/mol. The minimum atomic E-state index is 0.0922. The van der Waals surface area contributed by atoms with E-state index in [1.165, 1.54) is 11.1 Å². The van der Waals surface area contributed by atoms with E-state index in [-0.39, 0.29) is 5.41 Å². The first-order valence-electron chi connectivity index (χ1n) is 5.52. The fourth-order valence-corrected chi connectivity index (χ4v) is 2.23. The molecule has 1 aliphatic rings. The van der Waals surface area contributed by atoms with E-state index in [4.69, 9.17) is 11.5 Å². The van der Waals surface area contributed by atoms with Crippen LogP contribution in [0.15, 0.2) is 42.1 Å². The average molecular weight is 214 g/mol. The quantitative estimate of drug-likeness (QED) is 0.706. The van der Waals surface area contributed by atoms with Crippen molar-refractivity contribution in [2.45, 2.75) is 20.3 Å². The second-order valence-corrected chi connectivity index (χ2v) is 5.00. The largest absolute Gasteiger partial charge is 0.402 e. The molecule has 16 heavy (non-hydrogen) atoms. The highest BCUT2D eigenvalue weighted by Crippen LogP contribution is 2.41. The lowest BCUT2D eigenvalue weighted by Gasteiger charge is -2.31. The third-order valence-corrected chi connectivity index (χ3v) is 3.06. The smallest absolute Gasteiger partial charge is 0.0314 e. The van der Waals surface area contributed by atoms with Crippen LogP contribution >= 0.6 is 0 Å². The monoisotopic (exact) mass is 214 g/mol. The number of rotatable bonds is 1. The van der Waals surface area contributed by atoms with Gasteiger partial charge in [-0.15, -0.1) is 0 Å².